The second-order valence-electron chi connectivity index (χ2n) is 6.52. The van der Waals surface area contributed by atoms with E-state index in [4.69, 9.17) is 0 Å². The lowest BCUT2D eigenvalue weighted by Crippen LogP contribution is -2.19. The number of hydrogen-bond acceptors (Lipinski definition) is 1. The van der Waals surface area contributed by atoms with Crippen LogP contribution in [0.3, 0.4) is 0 Å². The van der Waals surface area contributed by atoms with E-state index in [1.165, 1.54) is 24.3 Å². The Kier molecular flexibility index (Phi) is 4.38. The number of benzene rings is 2. The Hall–Kier alpha value is -2.63. The topological polar surface area (TPSA) is 32.9 Å². The van der Waals surface area contributed by atoms with Crippen molar-refractivity contribution >= 4 is 10.9 Å². The molecule has 0 unspecified atom stereocenters. The highest BCUT2D eigenvalue weighted by Gasteiger charge is 2.37. The molecular weight excluding hydrogens is 346 g/mol. The van der Waals surface area contributed by atoms with Gasteiger partial charge in [-0.2, -0.15) is 13.2 Å². The van der Waals surface area contributed by atoms with E-state index in [2.05, 4.69) is 4.98 Å². The first-order valence-corrected chi connectivity index (χ1v) is 8.08. The smallest absolute Gasteiger partial charge is 0.354 e. The molecule has 26 heavy (non-hydrogen) atoms. The van der Waals surface area contributed by atoms with E-state index >= 15 is 0 Å². The zero-order valence-corrected chi connectivity index (χ0v) is 14.5. The molecule has 1 heterocycles. The van der Waals surface area contributed by atoms with Gasteiger partial charge in [0.25, 0.3) is 0 Å². The van der Waals surface area contributed by atoms with Crippen LogP contribution in [0.15, 0.2) is 41.2 Å². The first-order valence-electron chi connectivity index (χ1n) is 8.08. The molecule has 3 aromatic rings. The molecule has 0 bridgehead atoms. The van der Waals surface area contributed by atoms with Crippen LogP contribution in [0.4, 0.5) is 17.6 Å². The maximum Gasteiger partial charge on any atom is 0.395 e. The normalized spacial score (nSPS) is 13.2. The monoisotopic (exact) mass is 363 g/mol. The van der Waals surface area contributed by atoms with Gasteiger partial charge >= 0.3 is 6.18 Å². The van der Waals surface area contributed by atoms with E-state index < -0.39 is 17.9 Å². The quantitative estimate of drug-likeness (QED) is 0.589. The molecule has 0 aliphatic carbocycles. The lowest BCUT2D eigenvalue weighted by atomic mass is 9.90. The third-order valence-electron chi connectivity index (χ3n) is 4.65. The van der Waals surface area contributed by atoms with Crippen LogP contribution in [0, 0.1) is 19.7 Å². The fourth-order valence-electron chi connectivity index (χ4n) is 3.14. The van der Waals surface area contributed by atoms with Gasteiger partial charge in [0.05, 0.1) is 5.92 Å². The van der Waals surface area contributed by atoms with Gasteiger partial charge in [0.2, 0.25) is 0 Å². The lowest BCUT2D eigenvalue weighted by Gasteiger charge is -2.20. The average Bonchev–Trinajstić information content (AvgIpc) is 2.55. The molecule has 1 aromatic heterocycles. The predicted molar refractivity (Wildman–Crippen MR) is 93.9 cm³/mol. The second-order valence-corrected chi connectivity index (χ2v) is 6.52. The van der Waals surface area contributed by atoms with Crippen molar-refractivity contribution in [1.82, 2.24) is 4.98 Å². The zero-order valence-electron chi connectivity index (χ0n) is 14.5. The molecule has 0 fully saturated rings. The molecule has 0 spiro atoms. The van der Waals surface area contributed by atoms with Gasteiger partial charge in [-0.15, -0.1) is 0 Å². The number of pyridine rings is 1. The van der Waals surface area contributed by atoms with Crippen molar-refractivity contribution in [3.63, 3.8) is 0 Å². The maximum absolute atomic E-state index is 13.3. The molecule has 136 valence electrons. The second kappa shape index (κ2) is 6.27. The van der Waals surface area contributed by atoms with E-state index in [1.54, 1.807) is 19.9 Å². The minimum Gasteiger partial charge on any atom is -0.354 e. The molecule has 0 amide bonds. The van der Waals surface area contributed by atoms with Crippen LogP contribution in [-0.4, -0.2) is 11.2 Å². The first-order chi connectivity index (χ1) is 12.1. The predicted octanol–water partition coefficient (Wildman–Crippen LogP) is 5.62. The summed E-state index contributed by atoms with van der Waals surface area (Å²) >= 11 is 0. The van der Waals surface area contributed by atoms with Crippen LogP contribution in [0.5, 0.6) is 0 Å². The number of H-pyrrole nitrogens is 1. The zero-order chi connectivity index (χ0) is 19.2. The van der Waals surface area contributed by atoms with Gasteiger partial charge < -0.3 is 4.98 Å². The number of aromatic amines is 1. The number of nitrogens with one attached hydrogen (secondary N) is 1. The average molecular weight is 363 g/mol. The van der Waals surface area contributed by atoms with Crippen molar-refractivity contribution in [2.75, 3.05) is 0 Å². The molecule has 1 N–H and O–H groups in total. The molecule has 2 aromatic carbocycles. The number of halogens is 4. The van der Waals surface area contributed by atoms with Crippen LogP contribution < -0.4 is 5.43 Å². The summed E-state index contributed by atoms with van der Waals surface area (Å²) in [5.41, 5.74) is 2.58. The molecule has 1 atom stereocenters. The minimum atomic E-state index is -4.32. The number of aryl methyl sites for hydroxylation is 2. The molecule has 2 nitrogen and oxygen atoms in total. The molecule has 0 saturated heterocycles. The fourth-order valence-corrected chi connectivity index (χ4v) is 3.14. The number of fused-ring (bicyclic) bond motifs is 1. The number of alkyl halides is 3. The van der Waals surface area contributed by atoms with Gasteiger partial charge in [-0.05, 0) is 61.7 Å². The molecule has 0 saturated carbocycles. The summed E-state index contributed by atoms with van der Waals surface area (Å²) in [4.78, 5) is 15.4. The van der Waals surface area contributed by atoms with Gasteiger partial charge in [0, 0.05) is 28.2 Å². The summed E-state index contributed by atoms with van der Waals surface area (Å²) in [7, 11) is 0. The highest BCUT2D eigenvalue weighted by Crippen LogP contribution is 2.38. The van der Waals surface area contributed by atoms with Crippen LogP contribution >= 0.6 is 0 Å². The van der Waals surface area contributed by atoms with Crippen molar-refractivity contribution in [2.24, 2.45) is 0 Å². The van der Waals surface area contributed by atoms with Crippen molar-refractivity contribution < 1.29 is 17.6 Å². The minimum absolute atomic E-state index is 0.212. The van der Waals surface area contributed by atoms with E-state index in [9.17, 15) is 22.4 Å². The summed E-state index contributed by atoms with van der Waals surface area (Å²) in [6.07, 6.45) is -4.32. The third-order valence-corrected chi connectivity index (χ3v) is 4.65. The third kappa shape index (κ3) is 3.23. The molecular formula is C20H17F4NO. The van der Waals surface area contributed by atoms with Crippen molar-refractivity contribution in [2.45, 2.75) is 32.9 Å². The first kappa shape index (κ1) is 18.2. The lowest BCUT2D eigenvalue weighted by molar-refractivity contribution is -0.146. The van der Waals surface area contributed by atoms with Crippen molar-refractivity contribution in [1.29, 1.82) is 0 Å². The van der Waals surface area contributed by atoms with Gasteiger partial charge in [-0.3, -0.25) is 4.79 Å². The highest BCUT2D eigenvalue weighted by molar-refractivity contribution is 5.82. The summed E-state index contributed by atoms with van der Waals surface area (Å²) in [6, 6.07) is 8.37. The van der Waals surface area contributed by atoms with E-state index in [0.717, 1.165) is 13.0 Å². The van der Waals surface area contributed by atoms with E-state index in [1.807, 2.05) is 0 Å². The Morgan fingerprint density at radius 3 is 2.35 bits per heavy atom. The van der Waals surface area contributed by atoms with Gasteiger partial charge in [0.1, 0.15) is 5.82 Å². The van der Waals surface area contributed by atoms with Crippen molar-refractivity contribution in [3.05, 3.63) is 69.1 Å². The SMILES string of the molecule is Cc1cc([C@@H](C)C(F)(F)F)c(C)cc1-c1cc(=O)c2cc(F)ccc2[nH]1. The highest BCUT2D eigenvalue weighted by atomic mass is 19.4. The number of aromatic nitrogens is 1. The summed E-state index contributed by atoms with van der Waals surface area (Å²) in [5.74, 6) is -2.08. The molecule has 6 heteroatoms. The Bertz CT molecular complexity index is 1050. The molecule has 0 aliphatic heterocycles. The van der Waals surface area contributed by atoms with E-state index in [-0.39, 0.29) is 16.4 Å². The van der Waals surface area contributed by atoms with Gasteiger partial charge in [-0.1, -0.05) is 6.07 Å². The Morgan fingerprint density at radius 1 is 1.00 bits per heavy atom. The largest absolute Gasteiger partial charge is 0.395 e. The van der Waals surface area contributed by atoms with E-state index in [0.29, 0.717) is 27.9 Å². The van der Waals surface area contributed by atoms with Crippen molar-refractivity contribution in [3.8, 4) is 11.3 Å². The molecule has 0 radical (unpaired) electrons. The van der Waals surface area contributed by atoms with Crippen LogP contribution in [0.2, 0.25) is 0 Å². The maximum atomic E-state index is 13.3. The summed E-state index contributed by atoms with van der Waals surface area (Å²) in [6.45, 7) is 4.46. The van der Waals surface area contributed by atoms with Gasteiger partial charge in [0.15, 0.2) is 5.43 Å². The summed E-state index contributed by atoms with van der Waals surface area (Å²) in [5, 5.41) is 0.227. The Morgan fingerprint density at radius 2 is 1.69 bits per heavy atom. The van der Waals surface area contributed by atoms with Crippen LogP contribution in [-0.2, 0) is 0 Å². The summed E-state index contributed by atoms with van der Waals surface area (Å²) < 4.78 is 52.5. The number of hydrogen-bond donors (Lipinski definition) is 1. The molecule has 3 rings (SSSR count). The van der Waals surface area contributed by atoms with Crippen LogP contribution in [0.25, 0.3) is 22.2 Å². The fraction of sp³-hybridized carbons (Fsp3) is 0.250. The standard InChI is InChI=1S/C20H17F4NO/c1-10-7-15(11(2)6-14(10)12(3)20(22,23)24)18-9-19(26)16-8-13(21)4-5-17(16)25-18/h4-9,12H,1-3H3,(H,25,26)/t12-/m1/s1. The Balaban J connectivity index is 2.16. The molecule has 0 aliphatic rings. The Labute approximate surface area is 147 Å². The number of rotatable bonds is 2. The van der Waals surface area contributed by atoms with Crippen LogP contribution in [0.1, 0.15) is 29.5 Å². The van der Waals surface area contributed by atoms with Gasteiger partial charge in [-0.25, -0.2) is 4.39 Å².